The molecule has 1 aliphatic carbocycles. The van der Waals surface area contributed by atoms with Crippen LogP contribution in [0.2, 0.25) is 0 Å². The maximum Gasteiger partial charge on any atom is 0.308 e. The van der Waals surface area contributed by atoms with E-state index in [1.165, 1.54) is 26.4 Å². The second kappa shape index (κ2) is 11.2. The van der Waals surface area contributed by atoms with E-state index in [2.05, 4.69) is 25.7 Å². The van der Waals surface area contributed by atoms with E-state index in [1.54, 1.807) is 0 Å². The first-order valence-corrected chi connectivity index (χ1v) is 10.7. The summed E-state index contributed by atoms with van der Waals surface area (Å²) in [6.07, 6.45) is 4.05. The summed E-state index contributed by atoms with van der Waals surface area (Å²) in [6, 6.07) is 0. The van der Waals surface area contributed by atoms with Gasteiger partial charge in [-0.2, -0.15) is 0 Å². The molecule has 0 bridgehead atoms. The zero-order valence-electron chi connectivity index (χ0n) is 17.9. The van der Waals surface area contributed by atoms with Crippen LogP contribution in [0.1, 0.15) is 65.7 Å². The molecule has 2 N–H and O–H groups in total. The molecule has 7 unspecified atom stereocenters. The van der Waals surface area contributed by atoms with E-state index in [4.69, 9.17) is 24.6 Å². The van der Waals surface area contributed by atoms with Crippen LogP contribution in [0.3, 0.4) is 0 Å². The molecule has 8 nitrogen and oxygen atoms in total. The highest BCUT2D eigenvalue weighted by Crippen LogP contribution is 2.51. The summed E-state index contributed by atoms with van der Waals surface area (Å²) in [5.41, 5.74) is 0. The van der Waals surface area contributed by atoms with Gasteiger partial charge in [0.25, 0.3) is 0 Å². The molecule has 2 saturated heterocycles. The molecule has 0 aromatic heterocycles. The Morgan fingerprint density at radius 3 is 2.24 bits per heavy atom. The highest BCUT2D eigenvalue weighted by Gasteiger charge is 2.49. The van der Waals surface area contributed by atoms with Gasteiger partial charge in [-0.3, -0.25) is 14.8 Å². The van der Waals surface area contributed by atoms with Crippen molar-refractivity contribution in [1.82, 2.24) is 0 Å². The Morgan fingerprint density at radius 2 is 1.59 bits per heavy atom. The molecule has 0 aromatic rings. The Morgan fingerprint density at radius 1 is 0.966 bits per heavy atom. The molecule has 0 spiro atoms. The van der Waals surface area contributed by atoms with Gasteiger partial charge in [0.1, 0.15) is 0 Å². The van der Waals surface area contributed by atoms with Crippen LogP contribution in [-0.4, -0.2) is 48.1 Å². The van der Waals surface area contributed by atoms with E-state index >= 15 is 0 Å². The molecule has 1 saturated carbocycles. The van der Waals surface area contributed by atoms with Crippen molar-refractivity contribution in [2.75, 3.05) is 7.11 Å². The van der Waals surface area contributed by atoms with Gasteiger partial charge >= 0.3 is 11.9 Å². The third-order valence-corrected chi connectivity index (χ3v) is 6.65. The standard InChI is InChI=1S/C20H32O6.CH4O2/c1-11-4-6-15-12(2)10-18(25-17(23)9-8-16(21)22)26-20-19(15)14(11)7-5-13(3)24-20;1-3-2/h11-15,18-20H,4-10H2,1-3H3,(H,21,22);2H,1H3/t11-,12?,13?,14?,15?,18?,19?,20?;/m1./s1. The lowest BCUT2D eigenvalue weighted by Crippen LogP contribution is -2.43. The first-order valence-electron chi connectivity index (χ1n) is 10.7. The van der Waals surface area contributed by atoms with Crippen LogP contribution in [0.4, 0.5) is 0 Å². The van der Waals surface area contributed by atoms with Crippen LogP contribution in [0.15, 0.2) is 0 Å². The summed E-state index contributed by atoms with van der Waals surface area (Å²) in [6.45, 7) is 6.64. The minimum Gasteiger partial charge on any atom is -0.481 e. The van der Waals surface area contributed by atoms with Gasteiger partial charge in [-0.05, 0) is 49.9 Å². The molecular weight excluding hydrogens is 380 g/mol. The first-order chi connectivity index (χ1) is 13.8. The fourth-order valence-electron chi connectivity index (χ4n) is 5.21. The Kier molecular flexibility index (Phi) is 9.33. The van der Waals surface area contributed by atoms with Crippen molar-refractivity contribution in [3.8, 4) is 0 Å². The minimum atomic E-state index is -0.999. The van der Waals surface area contributed by atoms with Crippen molar-refractivity contribution < 1.29 is 39.1 Å². The lowest BCUT2D eigenvalue weighted by molar-refractivity contribution is -0.266. The molecule has 168 valence electrons. The quantitative estimate of drug-likeness (QED) is 0.405. The molecule has 0 radical (unpaired) electrons. The number of carbonyl (C=O) groups excluding carboxylic acids is 1. The van der Waals surface area contributed by atoms with Crippen molar-refractivity contribution in [2.24, 2.45) is 29.6 Å². The predicted octanol–water partition coefficient (Wildman–Crippen LogP) is 3.69. The maximum absolute atomic E-state index is 12.0. The normalized spacial score (nSPS) is 39.1. The molecule has 3 rings (SSSR count). The predicted molar refractivity (Wildman–Crippen MR) is 104 cm³/mol. The smallest absolute Gasteiger partial charge is 0.308 e. The molecule has 3 fully saturated rings. The Labute approximate surface area is 172 Å². The third-order valence-electron chi connectivity index (χ3n) is 6.65. The molecule has 2 aliphatic heterocycles. The zero-order valence-corrected chi connectivity index (χ0v) is 17.9. The van der Waals surface area contributed by atoms with Crippen LogP contribution in [-0.2, 0) is 28.7 Å². The highest BCUT2D eigenvalue weighted by atomic mass is 17.1. The number of carboxylic acid groups (broad SMARTS) is 1. The SMILES string of the molecule is CC1CCC2C3C(O1)OC(OC(=O)CCC(=O)O)CC(C)C3CC[C@H]2C.COO. The van der Waals surface area contributed by atoms with Gasteiger partial charge in [0.15, 0.2) is 6.29 Å². The van der Waals surface area contributed by atoms with E-state index in [-0.39, 0.29) is 25.2 Å². The molecule has 8 heteroatoms. The number of ether oxygens (including phenoxy) is 3. The average Bonchev–Trinajstić information content (AvgIpc) is 2.87. The summed E-state index contributed by atoms with van der Waals surface area (Å²) in [5.74, 6) is 0.998. The van der Waals surface area contributed by atoms with Gasteiger partial charge in [0.2, 0.25) is 6.29 Å². The summed E-state index contributed by atoms with van der Waals surface area (Å²) in [4.78, 5) is 25.9. The molecular formula is C21H36O8. The Balaban J connectivity index is 0.000000941. The number of hydrogen-bond acceptors (Lipinski definition) is 7. The van der Waals surface area contributed by atoms with Crippen molar-refractivity contribution in [2.45, 2.75) is 84.4 Å². The fraction of sp³-hybridized carbons (Fsp3) is 0.905. The number of rotatable bonds is 4. The number of esters is 1. The van der Waals surface area contributed by atoms with Gasteiger partial charge in [0, 0.05) is 12.3 Å². The average molecular weight is 417 g/mol. The first kappa shape index (κ1) is 24.1. The van der Waals surface area contributed by atoms with Gasteiger partial charge in [0.05, 0.1) is 26.1 Å². The molecule has 0 amide bonds. The van der Waals surface area contributed by atoms with Crippen molar-refractivity contribution in [1.29, 1.82) is 0 Å². The monoisotopic (exact) mass is 416 g/mol. The van der Waals surface area contributed by atoms with Gasteiger partial charge in [-0.25, -0.2) is 4.89 Å². The Hall–Kier alpha value is -1.22. The van der Waals surface area contributed by atoms with Crippen molar-refractivity contribution in [3.05, 3.63) is 0 Å². The lowest BCUT2D eigenvalue weighted by atomic mass is 9.62. The number of carboxylic acids is 1. The fourth-order valence-corrected chi connectivity index (χ4v) is 5.21. The molecule has 2 heterocycles. The zero-order chi connectivity index (χ0) is 21.6. The largest absolute Gasteiger partial charge is 0.481 e. The second-order valence-electron chi connectivity index (χ2n) is 8.70. The molecule has 0 aromatic carbocycles. The van der Waals surface area contributed by atoms with Crippen molar-refractivity contribution >= 4 is 11.9 Å². The van der Waals surface area contributed by atoms with Crippen molar-refractivity contribution in [3.63, 3.8) is 0 Å². The summed E-state index contributed by atoms with van der Waals surface area (Å²) >= 11 is 0. The molecule has 8 atom stereocenters. The lowest BCUT2D eigenvalue weighted by Gasteiger charge is -2.44. The van der Waals surface area contributed by atoms with Crippen LogP contribution in [0.5, 0.6) is 0 Å². The van der Waals surface area contributed by atoms with Gasteiger partial charge in [-0.15, -0.1) is 0 Å². The summed E-state index contributed by atoms with van der Waals surface area (Å²) in [7, 11) is 1.18. The third kappa shape index (κ3) is 6.64. The van der Waals surface area contributed by atoms with E-state index in [0.29, 0.717) is 36.0 Å². The number of hydrogen-bond donors (Lipinski definition) is 2. The van der Waals surface area contributed by atoms with E-state index < -0.39 is 18.2 Å². The minimum absolute atomic E-state index is 0.127. The van der Waals surface area contributed by atoms with E-state index in [9.17, 15) is 9.59 Å². The van der Waals surface area contributed by atoms with Crippen LogP contribution in [0, 0.1) is 29.6 Å². The van der Waals surface area contributed by atoms with Gasteiger partial charge < -0.3 is 19.3 Å². The van der Waals surface area contributed by atoms with E-state index in [0.717, 1.165) is 6.42 Å². The van der Waals surface area contributed by atoms with Crippen LogP contribution >= 0.6 is 0 Å². The van der Waals surface area contributed by atoms with Crippen LogP contribution in [0.25, 0.3) is 0 Å². The topological polar surface area (TPSA) is 112 Å². The molecule has 29 heavy (non-hydrogen) atoms. The number of carbonyl (C=O) groups is 2. The van der Waals surface area contributed by atoms with E-state index in [1.807, 2.05) is 0 Å². The highest BCUT2D eigenvalue weighted by molar-refractivity contribution is 5.76. The number of aliphatic carboxylic acids is 1. The van der Waals surface area contributed by atoms with Crippen LogP contribution < -0.4 is 0 Å². The second-order valence-corrected chi connectivity index (χ2v) is 8.70. The summed E-state index contributed by atoms with van der Waals surface area (Å²) < 4.78 is 17.9. The van der Waals surface area contributed by atoms with Gasteiger partial charge in [-0.1, -0.05) is 20.3 Å². The summed E-state index contributed by atoms with van der Waals surface area (Å²) in [5, 5.41) is 15.8. The maximum atomic E-state index is 12.0. The molecule has 3 aliphatic rings. The Bertz CT molecular complexity index is 539.